The Morgan fingerprint density at radius 2 is 1.52 bits per heavy atom. The van der Waals surface area contributed by atoms with Crippen LogP contribution in [0.5, 0.6) is 0 Å². The van der Waals surface area contributed by atoms with Crippen molar-refractivity contribution in [1.82, 2.24) is 19.5 Å². The number of nitrogens with zero attached hydrogens (tertiary/aromatic N) is 4. The van der Waals surface area contributed by atoms with Gasteiger partial charge in [-0.1, -0.05) is 54.1 Å². The average Bonchev–Trinajstić information content (AvgIpc) is 2.93. The van der Waals surface area contributed by atoms with Gasteiger partial charge < -0.3 is 5.32 Å². The first-order chi connectivity index (χ1) is 19.1. The van der Waals surface area contributed by atoms with Crippen LogP contribution in [0.25, 0.3) is 28.3 Å². The number of benzene rings is 3. The molecule has 0 bridgehead atoms. The quantitative estimate of drug-likeness (QED) is 0.146. The Kier molecular flexibility index (Phi) is 7.49. The largest absolute Gasteiger partial charge is 0.339 e. The maximum Gasteiger partial charge on any atom is 0.270 e. The molecular formula is C28H20Cl2N6O3S. The van der Waals surface area contributed by atoms with E-state index in [9.17, 15) is 13.2 Å². The van der Waals surface area contributed by atoms with Gasteiger partial charge in [-0.3, -0.25) is 14.8 Å². The fourth-order valence-corrected chi connectivity index (χ4v) is 4.80. The number of sulfone groups is 1. The van der Waals surface area contributed by atoms with E-state index in [2.05, 4.69) is 15.3 Å². The minimum absolute atomic E-state index is 0.0708. The standard InChI is InChI=1S/C28H20Cl2N6O3S/c1-40(38,39)24(31)23-25(33-20-5-3-2-4-6-20)35-26(36(27(23)37)21-13-11-19(29)12-14-21)18-9-7-17(8-10-18)22-15-16-32-28(30)34-22/h2-16,31,33H,1H3. The van der Waals surface area contributed by atoms with Gasteiger partial charge in [0.05, 0.1) is 11.4 Å². The van der Waals surface area contributed by atoms with E-state index in [1.807, 2.05) is 6.07 Å². The number of anilines is 2. The Bertz CT molecular complexity index is 1890. The van der Waals surface area contributed by atoms with Crippen LogP contribution < -0.4 is 10.9 Å². The number of hydrogen-bond acceptors (Lipinski definition) is 8. The lowest BCUT2D eigenvalue weighted by molar-refractivity contribution is 0.612. The summed E-state index contributed by atoms with van der Waals surface area (Å²) in [5, 5.41) is 11.1. The lowest BCUT2D eigenvalue weighted by Crippen LogP contribution is -2.32. The van der Waals surface area contributed by atoms with Crippen LogP contribution in [0.1, 0.15) is 5.56 Å². The third-order valence-electron chi connectivity index (χ3n) is 5.87. The predicted octanol–water partition coefficient (Wildman–Crippen LogP) is 5.78. The summed E-state index contributed by atoms with van der Waals surface area (Å²) in [5.74, 6) is 0.140. The summed E-state index contributed by atoms with van der Waals surface area (Å²) >= 11 is 12.0. The van der Waals surface area contributed by atoms with E-state index in [0.29, 0.717) is 27.7 Å². The van der Waals surface area contributed by atoms with Gasteiger partial charge in [0.15, 0.2) is 14.9 Å². The van der Waals surface area contributed by atoms with E-state index in [4.69, 9.17) is 33.6 Å². The minimum Gasteiger partial charge on any atom is -0.339 e. The van der Waals surface area contributed by atoms with Crippen molar-refractivity contribution in [2.45, 2.75) is 0 Å². The maximum atomic E-state index is 14.1. The summed E-state index contributed by atoms with van der Waals surface area (Å²) in [6.07, 6.45) is 2.43. The average molecular weight is 591 g/mol. The second kappa shape index (κ2) is 11.0. The highest BCUT2D eigenvalue weighted by Crippen LogP contribution is 2.28. The Balaban J connectivity index is 1.77. The Morgan fingerprint density at radius 1 is 0.875 bits per heavy atom. The molecule has 0 fully saturated rings. The van der Waals surface area contributed by atoms with Crippen LogP contribution in [0, 0.1) is 5.41 Å². The SMILES string of the molecule is CS(=O)(=O)C(=N)c1c(Nc2ccccc2)nc(-c2ccc(-c3ccnc(Cl)n3)cc2)n(-c2ccc(Cl)cc2)c1=O. The Hall–Kier alpha value is -4.38. The van der Waals surface area contributed by atoms with E-state index >= 15 is 0 Å². The van der Waals surface area contributed by atoms with E-state index in [1.54, 1.807) is 85.1 Å². The number of aromatic nitrogens is 4. The molecule has 0 aliphatic heterocycles. The molecule has 3 aromatic carbocycles. The minimum atomic E-state index is -4.07. The Labute approximate surface area is 239 Å². The first-order valence-corrected chi connectivity index (χ1v) is 14.4. The summed E-state index contributed by atoms with van der Waals surface area (Å²) in [7, 11) is -4.07. The molecule has 200 valence electrons. The molecule has 0 atom stereocenters. The molecular weight excluding hydrogens is 571 g/mol. The zero-order valence-corrected chi connectivity index (χ0v) is 23.2. The van der Waals surface area contributed by atoms with Crippen LogP contribution in [0.3, 0.4) is 0 Å². The van der Waals surface area contributed by atoms with Gasteiger partial charge in [-0.05, 0) is 54.1 Å². The molecule has 5 rings (SSSR count). The molecule has 5 aromatic rings. The van der Waals surface area contributed by atoms with Crippen molar-refractivity contribution >= 4 is 49.6 Å². The lowest BCUT2D eigenvalue weighted by atomic mass is 10.1. The number of para-hydroxylation sites is 1. The molecule has 0 aliphatic carbocycles. The van der Waals surface area contributed by atoms with Gasteiger partial charge >= 0.3 is 0 Å². The monoisotopic (exact) mass is 590 g/mol. The molecule has 0 saturated heterocycles. The molecule has 0 radical (unpaired) electrons. The molecule has 0 amide bonds. The van der Waals surface area contributed by atoms with Gasteiger partial charge in [0.2, 0.25) is 5.28 Å². The highest BCUT2D eigenvalue weighted by Gasteiger charge is 2.27. The topological polar surface area (TPSA) is 131 Å². The number of nitrogens with one attached hydrogen (secondary N) is 2. The summed E-state index contributed by atoms with van der Waals surface area (Å²) in [6, 6.07) is 24.1. The van der Waals surface area contributed by atoms with Gasteiger partial charge in [-0.25, -0.2) is 23.4 Å². The van der Waals surface area contributed by atoms with Crippen LogP contribution in [0.4, 0.5) is 11.5 Å². The summed E-state index contributed by atoms with van der Waals surface area (Å²) in [5.41, 5.74) is 1.72. The third kappa shape index (κ3) is 5.64. The number of halogens is 2. The molecule has 40 heavy (non-hydrogen) atoms. The van der Waals surface area contributed by atoms with Gasteiger partial charge in [-0.2, -0.15) is 0 Å². The molecule has 0 aliphatic rings. The zero-order chi connectivity index (χ0) is 28.4. The molecule has 9 nitrogen and oxygen atoms in total. The highest BCUT2D eigenvalue weighted by atomic mass is 35.5. The van der Waals surface area contributed by atoms with Gasteiger partial charge in [-0.15, -0.1) is 0 Å². The maximum absolute atomic E-state index is 14.1. The molecule has 2 aromatic heterocycles. The summed E-state index contributed by atoms with van der Waals surface area (Å²) in [6.45, 7) is 0. The first kappa shape index (κ1) is 27.2. The predicted molar refractivity (Wildman–Crippen MR) is 158 cm³/mol. The van der Waals surface area contributed by atoms with E-state index in [1.165, 1.54) is 4.57 Å². The molecule has 12 heteroatoms. The second-order valence-corrected chi connectivity index (χ2v) is 11.4. The fraction of sp³-hybridized carbons (Fsp3) is 0.0357. The normalized spacial score (nSPS) is 11.3. The second-order valence-electron chi connectivity index (χ2n) is 8.66. The smallest absolute Gasteiger partial charge is 0.270 e. The number of rotatable bonds is 6. The highest BCUT2D eigenvalue weighted by molar-refractivity contribution is 8.06. The van der Waals surface area contributed by atoms with Crippen LogP contribution in [0.15, 0.2) is 95.9 Å². The van der Waals surface area contributed by atoms with Gasteiger partial charge in [0, 0.05) is 34.3 Å². The van der Waals surface area contributed by atoms with Crippen LogP contribution in [-0.4, -0.2) is 39.2 Å². The van der Waals surface area contributed by atoms with Crippen LogP contribution >= 0.6 is 23.2 Å². The van der Waals surface area contributed by atoms with Crippen molar-refractivity contribution in [3.63, 3.8) is 0 Å². The zero-order valence-electron chi connectivity index (χ0n) is 20.8. The third-order valence-corrected chi connectivity index (χ3v) is 7.25. The van der Waals surface area contributed by atoms with Crippen molar-refractivity contribution in [3.05, 3.63) is 117 Å². The van der Waals surface area contributed by atoms with E-state index < -0.39 is 26.0 Å². The Morgan fingerprint density at radius 3 is 2.15 bits per heavy atom. The number of hydrogen-bond donors (Lipinski definition) is 2. The molecule has 0 saturated carbocycles. The van der Waals surface area contributed by atoms with Crippen molar-refractivity contribution < 1.29 is 8.42 Å². The van der Waals surface area contributed by atoms with Crippen molar-refractivity contribution in [2.24, 2.45) is 0 Å². The summed E-state index contributed by atoms with van der Waals surface area (Å²) < 4.78 is 26.2. The van der Waals surface area contributed by atoms with Crippen molar-refractivity contribution in [2.75, 3.05) is 11.6 Å². The first-order valence-electron chi connectivity index (χ1n) is 11.8. The van der Waals surface area contributed by atoms with Crippen molar-refractivity contribution in [3.8, 4) is 28.3 Å². The fourth-order valence-electron chi connectivity index (χ4n) is 3.97. The lowest BCUT2D eigenvalue weighted by Gasteiger charge is -2.18. The van der Waals surface area contributed by atoms with Crippen LogP contribution in [-0.2, 0) is 9.84 Å². The van der Waals surface area contributed by atoms with E-state index in [0.717, 1.165) is 11.8 Å². The van der Waals surface area contributed by atoms with E-state index in [-0.39, 0.29) is 16.9 Å². The molecule has 2 N–H and O–H groups in total. The summed E-state index contributed by atoms with van der Waals surface area (Å²) in [4.78, 5) is 26.9. The van der Waals surface area contributed by atoms with Gasteiger partial charge in [0.25, 0.3) is 5.56 Å². The molecule has 0 spiro atoms. The molecule has 2 heterocycles. The van der Waals surface area contributed by atoms with Gasteiger partial charge in [0.1, 0.15) is 17.2 Å². The molecule has 0 unspecified atom stereocenters. The van der Waals surface area contributed by atoms with Crippen LogP contribution in [0.2, 0.25) is 10.3 Å². The van der Waals surface area contributed by atoms with Crippen molar-refractivity contribution in [1.29, 1.82) is 5.41 Å².